The van der Waals surface area contributed by atoms with Gasteiger partial charge in [-0.25, -0.2) is 8.78 Å². The predicted octanol–water partition coefficient (Wildman–Crippen LogP) is 2.90. The lowest BCUT2D eigenvalue weighted by Gasteiger charge is -2.13. The molecule has 0 aliphatic rings. The number of ether oxygens (including phenoxy) is 2. The molecule has 1 N–H and O–H groups in total. The smallest absolute Gasteiger partial charge is 0.196 e. The summed E-state index contributed by atoms with van der Waals surface area (Å²) in [6, 6.07) is 7.34. The first-order valence-corrected chi connectivity index (χ1v) is 6.37. The maximum Gasteiger partial charge on any atom is 0.196 e. The molecule has 0 aliphatic carbocycles. The minimum Gasteiger partial charge on any atom is -0.497 e. The molecule has 0 bridgehead atoms. The Morgan fingerprint density at radius 1 is 1.05 bits per heavy atom. The summed E-state index contributed by atoms with van der Waals surface area (Å²) < 4.78 is 37.4. The number of hydrogen-bond acceptors (Lipinski definition) is 4. The topological polar surface area (TPSA) is 55.8 Å². The van der Waals surface area contributed by atoms with Crippen molar-refractivity contribution in [3.05, 3.63) is 59.2 Å². The molecule has 2 aromatic carbocycles. The van der Waals surface area contributed by atoms with Gasteiger partial charge in [-0.3, -0.25) is 4.79 Å². The van der Waals surface area contributed by atoms with Crippen LogP contribution in [0.15, 0.2) is 36.4 Å². The third kappa shape index (κ3) is 3.07. The van der Waals surface area contributed by atoms with E-state index >= 15 is 0 Å². The monoisotopic (exact) mass is 308 g/mol. The lowest BCUT2D eigenvalue weighted by atomic mass is 9.98. The Balaban J connectivity index is 2.43. The molecule has 0 unspecified atom stereocenters. The second kappa shape index (κ2) is 6.53. The van der Waals surface area contributed by atoms with Crippen LogP contribution in [0.4, 0.5) is 8.78 Å². The molecule has 4 nitrogen and oxygen atoms in total. The molecule has 0 spiro atoms. The Morgan fingerprint density at radius 2 is 1.55 bits per heavy atom. The molecular weight excluding hydrogens is 294 g/mol. The molecule has 0 radical (unpaired) electrons. The Morgan fingerprint density at radius 3 is 2.00 bits per heavy atom. The Labute approximate surface area is 125 Å². The van der Waals surface area contributed by atoms with E-state index in [1.165, 1.54) is 32.4 Å². The number of benzene rings is 2. The summed E-state index contributed by atoms with van der Waals surface area (Å²) in [6.07, 6.45) is -1.96. The number of halogens is 2. The summed E-state index contributed by atoms with van der Waals surface area (Å²) in [5.74, 6) is -2.19. The van der Waals surface area contributed by atoms with Gasteiger partial charge < -0.3 is 14.6 Å². The average molecular weight is 308 g/mol. The lowest BCUT2D eigenvalue weighted by Crippen LogP contribution is -2.15. The van der Waals surface area contributed by atoms with Crippen LogP contribution < -0.4 is 9.47 Å². The van der Waals surface area contributed by atoms with E-state index in [-0.39, 0.29) is 5.56 Å². The van der Waals surface area contributed by atoms with Crippen molar-refractivity contribution in [2.24, 2.45) is 0 Å². The minimum atomic E-state index is -1.96. The molecule has 0 amide bonds. The fraction of sp³-hybridized carbons (Fsp3) is 0.188. The van der Waals surface area contributed by atoms with E-state index in [0.717, 1.165) is 18.2 Å². The number of methoxy groups -OCH3 is 2. The molecule has 0 saturated carbocycles. The van der Waals surface area contributed by atoms with Gasteiger partial charge in [-0.2, -0.15) is 0 Å². The van der Waals surface area contributed by atoms with Gasteiger partial charge in [0.05, 0.1) is 19.8 Å². The molecule has 2 aromatic rings. The van der Waals surface area contributed by atoms with Crippen LogP contribution >= 0.6 is 0 Å². The molecule has 2 rings (SSSR count). The first-order valence-electron chi connectivity index (χ1n) is 6.37. The molecular formula is C16H14F2O4. The zero-order chi connectivity index (χ0) is 16.3. The summed E-state index contributed by atoms with van der Waals surface area (Å²) in [4.78, 5) is 12.3. The molecule has 0 aromatic heterocycles. The molecule has 1 atom stereocenters. The van der Waals surface area contributed by atoms with Gasteiger partial charge in [-0.15, -0.1) is 0 Å². The van der Waals surface area contributed by atoms with E-state index in [0.29, 0.717) is 11.5 Å². The van der Waals surface area contributed by atoms with E-state index in [1.807, 2.05) is 0 Å². The van der Waals surface area contributed by atoms with E-state index in [4.69, 9.17) is 9.47 Å². The van der Waals surface area contributed by atoms with E-state index in [2.05, 4.69) is 0 Å². The van der Waals surface area contributed by atoms with E-state index in [1.54, 1.807) is 0 Å². The zero-order valence-electron chi connectivity index (χ0n) is 12.0. The third-order valence-corrected chi connectivity index (χ3v) is 3.16. The van der Waals surface area contributed by atoms with Gasteiger partial charge in [-0.1, -0.05) is 6.07 Å². The number of hydrogen-bond donors (Lipinski definition) is 1. The van der Waals surface area contributed by atoms with Crippen molar-refractivity contribution in [1.29, 1.82) is 0 Å². The van der Waals surface area contributed by atoms with Gasteiger partial charge in [0, 0.05) is 11.6 Å². The van der Waals surface area contributed by atoms with Crippen molar-refractivity contribution < 1.29 is 28.2 Å². The second-order valence-corrected chi connectivity index (χ2v) is 4.50. The molecule has 116 valence electrons. The third-order valence-electron chi connectivity index (χ3n) is 3.16. The second-order valence-electron chi connectivity index (χ2n) is 4.50. The van der Waals surface area contributed by atoms with Crippen molar-refractivity contribution in [2.45, 2.75) is 6.10 Å². The highest BCUT2D eigenvalue weighted by molar-refractivity contribution is 6.00. The Kier molecular flexibility index (Phi) is 4.72. The average Bonchev–Trinajstić information content (AvgIpc) is 2.53. The van der Waals surface area contributed by atoms with Gasteiger partial charge in [0.25, 0.3) is 0 Å². The number of carbonyl (C=O) groups is 1. The van der Waals surface area contributed by atoms with Crippen LogP contribution in [-0.4, -0.2) is 25.1 Å². The van der Waals surface area contributed by atoms with Gasteiger partial charge in [0.2, 0.25) is 0 Å². The van der Waals surface area contributed by atoms with Crippen LogP contribution in [0.2, 0.25) is 0 Å². The van der Waals surface area contributed by atoms with Gasteiger partial charge in [-0.05, 0) is 24.3 Å². The number of Topliss-reactive ketones (excluding diaryl/α,β-unsaturated/α-hetero) is 1. The fourth-order valence-corrected chi connectivity index (χ4v) is 2.01. The first-order chi connectivity index (χ1) is 10.5. The number of rotatable bonds is 5. The molecule has 0 saturated heterocycles. The summed E-state index contributed by atoms with van der Waals surface area (Å²) >= 11 is 0. The quantitative estimate of drug-likeness (QED) is 0.863. The van der Waals surface area contributed by atoms with Gasteiger partial charge in [0.1, 0.15) is 29.2 Å². The highest BCUT2D eigenvalue weighted by Crippen LogP contribution is 2.28. The molecule has 0 aliphatic heterocycles. The number of ketones is 1. The highest BCUT2D eigenvalue weighted by atomic mass is 19.1. The SMILES string of the molecule is COc1cc(OC)cc(C(=O)[C@H](O)c2c(F)cccc2F)c1. The van der Waals surface area contributed by atoms with Crippen molar-refractivity contribution in [1.82, 2.24) is 0 Å². The summed E-state index contributed by atoms with van der Waals surface area (Å²) in [6.45, 7) is 0. The Hall–Kier alpha value is -2.47. The zero-order valence-corrected chi connectivity index (χ0v) is 12.0. The Bertz CT molecular complexity index is 658. The molecule has 6 heteroatoms. The highest BCUT2D eigenvalue weighted by Gasteiger charge is 2.26. The van der Waals surface area contributed by atoms with Crippen LogP contribution in [0.5, 0.6) is 11.5 Å². The van der Waals surface area contributed by atoms with Crippen molar-refractivity contribution in [2.75, 3.05) is 14.2 Å². The van der Waals surface area contributed by atoms with Crippen LogP contribution in [0.25, 0.3) is 0 Å². The van der Waals surface area contributed by atoms with E-state index in [9.17, 15) is 18.7 Å². The number of aliphatic hydroxyl groups is 1. The van der Waals surface area contributed by atoms with Crippen LogP contribution in [0.1, 0.15) is 22.0 Å². The molecule has 0 heterocycles. The summed E-state index contributed by atoms with van der Waals surface area (Å²) in [5.41, 5.74) is -0.666. The summed E-state index contributed by atoms with van der Waals surface area (Å²) in [7, 11) is 2.80. The van der Waals surface area contributed by atoms with Crippen molar-refractivity contribution >= 4 is 5.78 Å². The van der Waals surface area contributed by atoms with Crippen LogP contribution in [-0.2, 0) is 0 Å². The van der Waals surface area contributed by atoms with Crippen LogP contribution in [0, 0.1) is 11.6 Å². The fourth-order valence-electron chi connectivity index (χ4n) is 2.01. The summed E-state index contributed by atoms with van der Waals surface area (Å²) in [5, 5.41) is 10.0. The molecule has 0 fully saturated rings. The van der Waals surface area contributed by atoms with Gasteiger partial charge in [0.15, 0.2) is 5.78 Å². The van der Waals surface area contributed by atoms with E-state index < -0.39 is 29.1 Å². The van der Waals surface area contributed by atoms with Crippen LogP contribution in [0.3, 0.4) is 0 Å². The van der Waals surface area contributed by atoms with Crippen molar-refractivity contribution in [3.8, 4) is 11.5 Å². The van der Waals surface area contributed by atoms with Crippen molar-refractivity contribution in [3.63, 3.8) is 0 Å². The lowest BCUT2D eigenvalue weighted by molar-refractivity contribution is 0.0732. The number of aliphatic hydroxyl groups excluding tert-OH is 1. The maximum absolute atomic E-state index is 13.7. The normalized spacial score (nSPS) is 11.9. The standard InChI is InChI=1S/C16H14F2O4/c1-21-10-6-9(7-11(8-10)22-2)15(19)16(20)14-12(17)4-3-5-13(14)18/h3-8,16,20H,1-2H3/t16-/m1/s1. The maximum atomic E-state index is 13.7. The predicted molar refractivity (Wildman–Crippen MR) is 75.2 cm³/mol. The minimum absolute atomic E-state index is 0.0198. The van der Waals surface area contributed by atoms with Gasteiger partial charge >= 0.3 is 0 Å². The molecule has 22 heavy (non-hydrogen) atoms. The number of carbonyl (C=O) groups excluding carboxylic acids is 1. The first kappa shape index (κ1) is 15.9. The largest absolute Gasteiger partial charge is 0.497 e.